The molecule has 0 bridgehead atoms. The smallest absolute Gasteiger partial charge is 0.310 e. The second kappa shape index (κ2) is 8.12. The minimum Gasteiger partial charge on any atom is -0.481 e. The summed E-state index contributed by atoms with van der Waals surface area (Å²) in [5.74, 6) is -1.95. The lowest BCUT2D eigenvalue weighted by atomic mass is 10.0. The zero-order valence-electron chi connectivity index (χ0n) is 11.0. The van der Waals surface area contributed by atoms with Crippen LogP contribution in [-0.4, -0.2) is 22.2 Å². The molecule has 1 aromatic carbocycles. The van der Waals surface area contributed by atoms with Crippen LogP contribution in [0.1, 0.15) is 23.3 Å². The van der Waals surface area contributed by atoms with Crippen LogP contribution in [0.5, 0.6) is 0 Å². The lowest BCUT2D eigenvalue weighted by molar-refractivity contribution is -0.138. The molecule has 5 heteroatoms. The molecule has 4 nitrogen and oxygen atoms in total. The van der Waals surface area contributed by atoms with Gasteiger partial charge in [0.1, 0.15) is 0 Å². The molecule has 2 aromatic rings. The van der Waals surface area contributed by atoms with Crippen LogP contribution >= 0.6 is 11.3 Å². The summed E-state index contributed by atoms with van der Waals surface area (Å²) in [4.78, 5) is 21.5. The molecule has 2 rings (SSSR count). The Morgan fingerprint density at radius 3 is 2.20 bits per heavy atom. The Morgan fingerprint density at radius 2 is 1.75 bits per heavy atom. The summed E-state index contributed by atoms with van der Waals surface area (Å²) >= 11 is 1.47. The van der Waals surface area contributed by atoms with Crippen molar-refractivity contribution in [1.29, 1.82) is 0 Å². The molecule has 0 amide bonds. The Balaban J connectivity index is 0.000000204. The Morgan fingerprint density at radius 1 is 1.10 bits per heavy atom. The van der Waals surface area contributed by atoms with Gasteiger partial charge in [-0.1, -0.05) is 36.4 Å². The average molecular weight is 292 g/mol. The van der Waals surface area contributed by atoms with Crippen molar-refractivity contribution < 1.29 is 19.8 Å². The molecule has 0 aliphatic rings. The highest BCUT2D eigenvalue weighted by molar-refractivity contribution is 7.10. The first-order valence-corrected chi connectivity index (χ1v) is 6.90. The topological polar surface area (TPSA) is 74.6 Å². The van der Waals surface area contributed by atoms with Crippen molar-refractivity contribution in [3.8, 4) is 0 Å². The van der Waals surface area contributed by atoms with Crippen LogP contribution in [0, 0.1) is 0 Å². The molecule has 0 radical (unpaired) electrons. The number of hydrogen-bond donors (Lipinski definition) is 2. The van der Waals surface area contributed by atoms with Crippen molar-refractivity contribution in [3.63, 3.8) is 0 Å². The van der Waals surface area contributed by atoms with Gasteiger partial charge in [-0.25, -0.2) is 0 Å². The van der Waals surface area contributed by atoms with E-state index in [9.17, 15) is 9.59 Å². The van der Waals surface area contributed by atoms with E-state index in [2.05, 4.69) is 0 Å². The maximum atomic E-state index is 10.5. The van der Waals surface area contributed by atoms with E-state index in [-0.39, 0.29) is 6.42 Å². The molecule has 0 aliphatic carbocycles. The maximum absolute atomic E-state index is 10.5. The fraction of sp³-hybridized carbons (Fsp3) is 0.200. The van der Waals surface area contributed by atoms with Crippen molar-refractivity contribution in [2.24, 2.45) is 0 Å². The second-order valence-corrected chi connectivity index (χ2v) is 5.15. The van der Waals surface area contributed by atoms with Crippen LogP contribution in [0.15, 0.2) is 47.8 Å². The molecule has 0 spiro atoms. The second-order valence-electron chi connectivity index (χ2n) is 4.12. The van der Waals surface area contributed by atoms with E-state index < -0.39 is 17.9 Å². The van der Waals surface area contributed by atoms with Crippen LogP contribution in [0.2, 0.25) is 0 Å². The Hall–Kier alpha value is -2.14. The van der Waals surface area contributed by atoms with Gasteiger partial charge >= 0.3 is 11.9 Å². The van der Waals surface area contributed by atoms with Gasteiger partial charge in [0, 0.05) is 4.88 Å². The molecule has 0 fully saturated rings. The van der Waals surface area contributed by atoms with E-state index in [4.69, 9.17) is 10.2 Å². The molecular weight excluding hydrogens is 276 g/mol. The van der Waals surface area contributed by atoms with E-state index in [1.807, 2.05) is 47.8 Å². The third-order valence-electron chi connectivity index (χ3n) is 2.58. The van der Waals surface area contributed by atoms with E-state index in [0.29, 0.717) is 0 Å². The fourth-order valence-corrected chi connectivity index (χ4v) is 2.14. The number of aliphatic carboxylic acids is 2. The quantitative estimate of drug-likeness (QED) is 0.907. The Labute approximate surface area is 121 Å². The van der Waals surface area contributed by atoms with Crippen LogP contribution in [-0.2, 0) is 16.0 Å². The number of hydrogen-bond acceptors (Lipinski definition) is 3. The number of rotatable bonds is 4. The lowest BCUT2D eigenvalue weighted by Crippen LogP contribution is -2.06. The van der Waals surface area contributed by atoms with Gasteiger partial charge in [0.25, 0.3) is 0 Å². The predicted molar refractivity (Wildman–Crippen MR) is 78.2 cm³/mol. The van der Waals surface area contributed by atoms with Crippen LogP contribution in [0.3, 0.4) is 0 Å². The number of carbonyl (C=O) groups is 2. The molecule has 1 unspecified atom stereocenters. The first-order valence-electron chi connectivity index (χ1n) is 6.02. The molecule has 0 aliphatic heterocycles. The van der Waals surface area contributed by atoms with Gasteiger partial charge in [0.15, 0.2) is 0 Å². The molecule has 0 saturated carbocycles. The SMILES string of the molecule is CC(C(=O)O)c1ccccc1.O=C(O)Cc1cccs1. The van der Waals surface area contributed by atoms with E-state index in [1.165, 1.54) is 11.3 Å². The van der Waals surface area contributed by atoms with E-state index >= 15 is 0 Å². The molecular formula is C15H16O4S. The van der Waals surface area contributed by atoms with Gasteiger partial charge in [0.2, 0.25) is 0 Å². The van der Waals surface area contributed by atoms with Crippen molar-refractivity contribution in [3.05, 3.63) is 58.3 Å². The summed E-state index contributed by atoms with van der Waals surface area (Å²) in [5.41, 5.74) is 0.847. The van der Waals surface area contributed by atoms with Gasteiger partial charge in [-0.2, -0.15) is 0 Å². The zero-order valence-corrected chi connectivity index (χ0v) is 11.8. The van der Waals surface area contributed by atoms with Crippen molar-refractivity contribution in [1.82, 2.24) is 0 Å². The normalized spacial score (nSPS) is 11.1. The number of carboxylic acids is 2. The minimum absolute atomic E-state index is 0.150. The van der Waals surface area contributed by atoms with Gasteiger partial charge in [-0.3, -0.25) is 9.59 Å². The first-order chi connectivity index (χ1) is 9.50. The van der Waals surface area contributed by atoms with Gasteiger partial charge in [0.05, 0.1) is 12.3 Å². The summed E-state index contributed by atoms with van der Waals surface area (Å²) in [6.07, 6.45) is 0.150. The van der Waals surface area contributed by atoms with Gasteiger partial charge in [-0.15, -0.1) is 11.3 Å². The summed E-state index contributed by atoms with van der Waals surface area (Å²) in [6.45, 7) is 1.68. The Bertz CT molecular complexity index is 534. The molecule has 20 heavy (non-hydrogen) atoms. The molecule has 106 valence electrons. The van der Waals surface area contributed by atoms with Gasteiger partial charge < -0.3 is 10.2 Å². The fourth-order valence-electron chi connectivity index (χ4n) is 1.45. The number of thiophene rings is 1. The summed E-state index contributed by atoms with van der Waals surface area (Å²) in [5, 5.41) is 18.8. The highest BCUT2D eigenvalue weighted by atomic mass is 32.1. The monoisotopic (exact) mass is 292 g/mol. The molecule has 1 aromatic heterocycles. The molecule has 1 heterocycles. The summed E-state index contributed by atoms with van der Waals surface area (Å²) < 4.78 is 0. The highest BCUT2D eigenvalue weighted by Gasteiger charge is 2.11. The maximum Gasteiger partial charge on any atom is 0.310 e. The number of carboxylic acid groups (broad SMARTS) is 2. The third kappa shape index (κ3) is 5.67. The molecule has 1 atom stereocenters. The number of benzene rings is 1. The van der Waals surface area contributed by atoms with Crippen LogP contribution in [0.4, 0.5) is 0 Å². The molecule has 0 saturated heterocycles. The average Bonchev–Trinajstić information content (AvgIpc) is 2.91. The largest absolute Gasteiger partial charge is 0.481 e. The standard InChI is InChI=1S/C9H10O2.C6H6O2S/c1-7(9(10)11)8-5-3-2-4-6-8;7-6(8)4-5-2-1-3-9-5/h2-7H,1H3,(H,10,11);1-3H,4H2,(H,7,8). The Kier molecular flexibility index (Phi) is 6.46. The van der Waals surface area contributed by atoms with Crippen LogP contribution < -0.4 is 0 Å². The first kappa shape index (κ1) is 15.9. The highest BCUT2D eigenvalue weighted by Crippen LogP contribution is 2.13. The van der Waals surface area contributed by atoms with E-state index in [0.717, 1.165) is 10.4 Å². The summed E-state index contributed by atoms with van der Waals surface area (Å²) in [6, 6.07) is 12.9. The van der Waals surface area contributed by atoms with Crippen LogP contribution in [0.25, 0.3) is 0 Å². The lowest BCUT2D eigenvalue weighted by Gasteiger charge is -2.04. The van der Waals surface area contributed by atoms with Crippen molar-refractivity contribution >= 4 is 23.3 Å². The minimum atomic E-state index is -0.781. The third-order valence-corrected chi connectivity index (χ3v) is 3.45. The summed E-state index contributed by atoms with van der Waals surface area (Å²) in [7, 11) is 0. The van der Waals surface area contributed by atoms with Gasteiger partial charge in [-0.05, 0) is 23.9 Å². The predicted octanol–water partition coefficient (Wildman–Crippen LogP) is 3.25. The van der Waals surface area contributed by atoms with Crippen molar-refractivity contribution in [2.75, 3.05) is 0 Å². The molecule has 2 N–H and O–H groups in total. The van der Waals surface area contributed by atoms with E-state index in [1.54, 1.807) is 6.92 Å². The van der Waals surface area contributed by atoms with Crippen molar-refractivity contribution in [2.45, 2.75) is 19.3 Å². The zero-order chi connectivity index (χ0) is 15.0.